The van der Waals surface area contributed by atoms with Crippen molar-refractivity contribution in [2.75, 3.05) is 7.11 Å². The van der Waals surface area contributed by atoms with Gasteiger partial charge in [0.05, 0.1) is 18.8 Å². The first-order valence-corrected chi connectivity index (χ1v) is 7.90. The highest BCUT2D eigenvalue weighted by Crippen LogP contribution is 2.35. The number of benzene rings is 2. The molecule has 0 bridgehead atoms. The highest BCUT2D eigenvalue weighted by Gasteiger charge is 2.28. The number of Topliss-reactive ketones (excluding diaryl/α,β-unsaturated/α-hetero) is 1. The van der Waals surface area contributed by atoms with Gasteiger partial charge in [0.25, 0.3) is 0 Å². The largest absolute Gasteiger partial charge is 0.504 e. The number of ether oxygens (including phenoxy) is 2. The molecule has 2 aromatic rings. The summed E-state index contributed by atoms with van der Waals surface area (Å²) >= 11 is 0. The summed E-state index contributed by atoms with van der Waals surface area (Å²) in [5, 5.41) is 9.68. The number of methoxy groups -OCH3 is 1. The molecule has 0 aliphatic heterocycles. The van der Waals surface area contributed by atoms with Crippen LogP contribution >= 0.6 is 0 Å². The van der Waals surface area contributed by atoms with E-state index in [1.165, 1.54) is 7.11 Å². The molecule has 0 amide bonds. The van der Waals surface area contributed by atoms with E-state index in [0.29, 0.717) is 29.1 Å². The molecule has 3 rings (SSSR count). The molecule has 0 aromatic heterocycles. The van der Waals surface area contributed by atoms with Gasteiger partial charge in [-0.3, -0.25) is 4.79 Å². The van der Waals surface area contributed by atoms with Crippen LogP contribution in [0.3, 0.4) is 0 Å². The third-order valence-corrected chi connectivity index (χ3v) is 3.92. The normalized spacial score (nSPS) is 15.0. The summed E-state index contributed by atoms with van der Waals surface area (Å²) in [6.07, 6.45) is 2.43. The van der Waals surface area contributed by atoms with Crippen molar-refractivity contribution in [1.82, 2.24) is 0 Å². The number of rotatable bonds is 4. The van der Waals surface area contributed by atoms with Crippen LogP contribution in [0.15, 0.2) is 42.0 Å². The fourth-order valence-corrected chi connectivity index (χ4v) is 2.88. The molecule has 0 heterocycles. The summed E-state index contributed by atoms with van der Waals surface area (Å²) in [5.41, 5.74) is 3.16. The van der Waals surface area contributed by atoms with E-state index >= 15 is 0 Å². The van der Waals surface area contributed by atoms with Gasteiger partial charge in [-0.1, -0.05) is 18.2 Å². The number of hydrogen-bond acceptors (Lipinski definition) is 4. The molecule has 1 aliphatic rings. The summed E-state index contributed by atoms with van der Waals surface area (Å²) in [7, 11) is 1.50. The second-order valence-electron chi connectivity index (χ2n) is 6.06. The molecule has 0 radical (unpaired) electrons. The average Bonchev–Trinajstić information content (AvgIpc) is 2.86. The van der Waals surface area contributed by atoms with Crippen LogP contribution in [0.4, 0.5) is 0 Å². The van der Waals surface area contributed by atoms with E-state index in [-0.39, 0.29) is 17.6 Å². The lowest BCUT2D eigenvalue weighted by molar-refractivity contribution is 0.103. The highest BCUT2D eigenvalue weighted by molar-refractivity contribution is 6.17. The molecule has 0 saturated carbocycles. The van der Waals surface area contributed by atoms with Gasteiger partial charge in [-0.15, -0.1) is 0 Å². The van der Waals surface area contributed by atoms with Crippen LogP contribution in [-0.4, -0.2) is 24.1 Å². The number of aromatic hydroxyl groups is 1. The number of carbonyl (C=O) groups excluding carboxylic acids is 1. The average molecular weight is 324 g/mol. The van der Waals surface area contributed by atoms with Crippen LogP contribution in [0, 0.1) is 0 Å². The summed E-state index contributed by atoms with van der Waals surface area (Å²) in [6.45, 7) is 3.89. The minimum Gasteiger partial charge on any atom is -0.504 e. The van der Waals surface area contributed by atoms with Gasteiger partial charge in [-0.25, -0.2) is 0 Å². The zero-order chi connectivity index (χ0) is 17.3. The Balaban J connectivity index is 1.96. The van der Waals surface area contributed by atoms with Gasteiger partial charge in [0, 0.05) is 12.0 Å². The third-order valence-electron chi connectivity index (χ3n) is 3.92. The van der Waals surface area contributed by atoms with Crippen molar-refractivity contribution >= 4 is 11.9 Å². The van der Waals surface area contributed by atoms with Crippen LogP contribution in [0.25, 0.3) is 6.08 Å². The topological polar surface area (TPSA) is 55.8 Å². The Morgan fingerprint density at radius 1 is 1.17 bits per heavy atom. The molecule has 124 valence electrons. The van der Waals surface area contributed by atoms with E-state index in [9.17, 15) is 9.90 Å². The molecule has 0 spiro atoms. The van der Waals surface area contributed by atoms with Gasteiger partial charge < -0.3 is 14.6 Å². The van der Waals surface area contributed by atoms with E-state index in [0.717, 1.165) is 11.1 Å². The van der Waals surface area contributed by atoms with Crippen molar-refractivity contribution in [3.63, 3.8) is 0 Å². The van der Waals surface area contributed by atoms with E-state index < -0.39 is 0 Å². The van der Waals surface area contributed by atoms with Gasteiger partial charge in [-0.05, 0) is 49.2 Å². The Bertz CT molecular complexity index is 818. The lowest BCUT2D eigenvalue weighted by Gasteiger charge is -2.12. The Labute approximate surface area is 141 Å². The molecule has 0 saturated heterocycles. The molecule has 24 heavy (non-hydrogen) atoms. The van der Waals surface area contributed by atoms with Crippen molar-refractivity contribution in [2.45, 2.75) is 26.4 Å². The van der Waals surface area contributed by atoms with E-state index in [1.807, 2.05) is 38.1 Å². The van der Waals surface area contributed by atoms with Crippen molar-refractivity contribution in [3.8, 4) is 17.2 Å². The molecule has 1 N–H and O–H groups in total. The van der Waals surface area contributed by atoms with Crippen LogP contribution < -0.4 is 9.47 Å². The number of phenols is 1. The maximum atomic E-state index is 12.8. The fourth-order valence-electron chi connectivity index (χ4n) is 2.88. The van der Waals surface area contributed by atoms with Crippen molar-refractivity contribution in [2.24, 2.45) is 0 Å². The van der Waals surface area contributed by atoms with Gasteiger partial charge in [-0.2, -0.15) is 0 Å². The Morgan fingerprint density at radius 2 is 1.96 bits per heavy atom. The summed E-state index contributed by atoms with van der Waals surface area (Å²) < 4.78 is 10.9. The molecule has 0 atom stereocenters. The zero-order valence-electron chi connectivity index (χ0n) is 14.0. The minimum atomic E-state index is -0.00621. The molecule has 0 fully saturated rings. The molecule has 0 unspecified atom stereocenters. The first kappa shape index (κ1) is 16.1. The van der Waals surface area contributed by atoms with E-state index in [2.05, 4.69) is 0 Å². The molecule has 4 nitrogen and oxygen atoms in total. The zero-order valence-corrected chi connectivity index (χ0v) is 14.0. The minimum absolute atomic E-state index is 0.00621. The lowest BCUT2D eigenvalue weighted by atomic mass is 10.1. The Hall–Kier alpha value is -2.75. The standard InChI is InChI=1S/C20H20O4/c1-12(2)24-17-6-4-5-14-11-15(20(22)19(14)17)9-13-7-8-16(21)18(10-13)23-3/h4-10,12,21H,11H2,1-3H3. The number of hydrogen-bond donors (Lipinski definition) is 1. The number of ketones is 1. The number of carbonyl (C=O) groups is 1. The number of allylic oxidation sites excluding steroid dienone is 1. The quantitative estimate of drug-likeness (QED) is 0.863. The van der Waals surface area contributed by atoms with Crippen molar-refractivity contribution < 1.29 is 19.4 Å². The predicted molar refractivity (Wildman–Crippen MR) is 92.9 cm³/mol. The smallest absolute Gasteiger partial charge is 0.193 e. The summed E-state index contributed by atoms with van der Waals surface area (Å²) in [5.74, 6) is 1.09. The van der Waals surface area contributed by atoms with Crippen LogP contribution in [0.2, 0.25) is 0 Å². The Morgan fingerprint density at radius 3 is 2.67 bits per heavy atom. The van der Waals surface area contributed by atoms with E-state index in [4.69, 9.17) is 9.47 Å². The summed E-state index contributed by atoms with van der Waals surface area (Å²) in [4.78, 5) is 12.8. The monoisotopic (exact) mass is 324 g/mol. The lowest BCUT2D eigenvalue weighted by Crippen LogP contribution is -2.09. The Kier molecular flexibility index (Phi) is 4.30. The fraction of sp³-hybridized carbons (Fsp3) is 0.250. The molecular formula is C20H20O4. The van der Waals surface area contributed by atoms with E-state index in [1.54, 1.807) is 18.2 Å². The molecular weight excluding hydrogens is 304 g/mol. The second-order valence-corrected chi connectivity index (χ2v) is 6.06. The van der Waals surface area contributed by atoms with Gasteiger partial charge in [0.15, 0.2) is 17.3 Å². The van der Waals surface area contributed by atoms with Crippen LogP contribution in [0.5, 0.6) is 17.2 Å². The maximum absolute atomic E-state index is 12.8. The van der Waals surface area contributed by atoms with Gasteiger partial charge in [0.2, 0.25) is 0 Å². The first-order chi connectivity index (χ1) is 11.5. The second kappa shape index (κ2) is 6.40. The van der Waals surface area contributed by atoms with Crippen LogP contribution in [-0.2, 0) is 6.42 Å². The van der Waals surface area contributed by atoms with Gasteiger partial charge >= 0.3 is 0 Å². The first-order valence-electron chi connectivity index (χ1n) is 7.90. The summed E-state index contributed by atoms with van der Waals surface area (Å²) in [6, 6.07) is 10.7. The third kappa shape index (κ3) is 3.00. The maximum Gasteiger partial charge on any atom is 0.193 e. The number of phenolic OH excluding ortho intramolecular Hbond substituents is 1. The van der Waals surface area contributed by atoms with Crippen molar-refractivity contribution in [1.29, 1.82) is 0 Å². The molecule has 4 heteroatoms. The van der Waals surface area contributed by atoms with Crippen LogP contribution in [0.1, 0.15) is 35.3 Å². The SMILES string of the molecule is COc1cc(C=C2Cc3cccc(OC(C)C)c3C2=O)ccc1O. The highest BCUT2D eigenvalue weighted by atomic mass is 16.5. The molecule has 1 aliphatic carbocycles. The van der Waals surface area contributed by atoms with Gasteiger partial charge in [0.1, 0.15) is 5.75 Å². The van der Waals surface area contributed by atoms with Crippen molar-refractivity contribution in [3.05, 3.63) is 58.7 Å². The number of fused-ring (bicyclic) bond motifs is 1. The molecule has 2 aromatic carbocycles. The predicted octanol–water partition coefficient (Wildman–Crippen LogP) is 4.01.